The van der Waals surface area contributed by atoms with E-state index in [2.05, 4.69) is 26.3 Å². The van der Waals surface area contributed by atoms with Gasteiger partial charge in [-0.05, 0) is 30.7 Å². The van der Waals surface area contributed by atoms with Gasteiger partial charge in [-0.3, -0.25) is 9.69 Å². The summed E-state index contributed by atoms with van der Waals surface area (Å²) in [7, 11) is 0. The molecular weight excluding hydrogens is 376 g/mol. The van der Waals surface area contributed by atoms with Gasteiger partial charge in [0.15, 0.2) is 5.65 Å². The van der Waals surface area contributed by atoms with Crippen LogP contribution in [0.5, 0.6) is 0 Å². The molecule has 1 aromatic carbocycles. The van der Waals surface area contributed by atoms with Crippen LogP contribution in [0.1, 0.15) is 30.5 Å². The third-order valence-corrected chi connectivity index (χ3v) is 5.28. The Labute approximate surface area is 168 Å². The summed E-state index contributed by atoms with van der Waals surface area (Å²) < 4.78 is 1.85. The highest BCUT2D eigenvalue weighted by molar-refractivity contribution is 6.30. The number of rotatable bonds is 6. The zero-order chi connectivity index (χ0) is 19.5. The minimum absolute atomic E-state index is 0.0461. The number of likely N-dealkylation sites (tertiary alicyclic amines) is 1. The number of carbonyl (C=O) groups is 1. The first-order valence-corrected chi connectivity index (χ1v) is 9.86. The second kappa shape index (κ2) is 8.24. The predicted molar refractivity (Wildman–Crippen MR) is 108 cm³/mol. The SMILES string of the molecule is CC(=O)NCCn1nc([C@H]2CCN(Cc3cccc(Cl)c3)C2)c2nccnc21. The number of fused-ring (bicyclic) bond motifs is 1. The molecule has 146 valence electrons. The van der Waals surface area contributed by atoms with Crippen molar-refractivity contribution in [3.05, 3.63) is 52.9 Å². The van der Waals surface area contributed by atoms with Crippen molar-refractivity contribution in [3.63, 3.8) is 0 Å². The number of halogens is 1. The van der Waals surface area contributed by atoms with Crippen LogP contribution in [0.4, 0.5) is 0 Å². The molecule has 0 radical (unpaired) electrons. The molecule has 4 rings (SSSR count). The average molecular weight is 399 g/mol. The van der Waals surface area contributed by atoms with Crippen molar-refractivity contribution in [2.75, 3.05) is 19.6 Å². The highest BCUT2D eigenvalue weighted by atomic mass is 35.5. The number of carbonyl (C=O) groups excluding carboxylic acids is 1. The van der Waals surface area contributed by atoms with Crippen LogP contribution in [-0.2, 0) is 17.9 Å². The number of hydrogen-bond acceptors (Lipinski definition) is 5. The van der Waals surface area contributed by atoms with Crippen molar-refractivity contribution >= 4 is 28.7 Å². The van der Waals surface area contributed by atoms with Gasteiger partial charge in [0.2, 0.25) is 5.91 Å². The average Bonchev–Trinajstić information content (AvgIpc) is 3.26. The van der Waals surface area contributed by atoms with E-state index < -0.39 is 0 Å². The first kappa shape index (κ1) is 18.8. The van der Waals surface area contributed by atoms with Crippen molar-refractivity contribution in [2.24, 2.45) is 0 Å². The highest BCUT2D eigenvalue weighted by Gasteiger charge is 2.29. The monoisotopic (exact) mass is 398 g/mol. The van der Waals surface area contributed by atoms with Crippen LogP contribution in [0.25, 0.3) is 11.2 Å². The third-order valence-electron chi connectivity index (χ3n) is 5.05. The molecular formula is C20H23ClN6O. The third kappa shape index (κ3) is 4.15. The second-order valence-corrected chi connectivity index (χ2v) is 7.61. The summed E-state index contributed by atoms with van der Waals surface area (Å²) in [6, 6.07) is 8.02. The Morgan fingerprint density at radius 1 is 1.32 bits per heavy atom. The van der Waals surface area contributed by atoms with E-state index in [4.69, 9.17) is 16.7 Å². The first-order valence-electron chi connectivity index (χ1n) is 9.49. The number of nitrogens with zero attached hydrogens (tertiary/aromatic N) is 5. The van der Waals surface area contributed by atoms with Gasteiger partial charge < -0.3 is 5.32 Å². The maximum absolute atomic E-state index is 11.1. The molecule has 1 amide bonds. The minimum atomic E-state index is -0.0461. The topological polar surface area (TPSA) is 75.9 Å². The maximum atomic E-state index is 11.1. The number of benzene rings is 1. The standard InChI is InChI=1S/C20H23ClN6O/c1-14(28)22-8-10-27-20-19(23-6-7-24-20)18(25-27)16-5-9-26(13-16)12-15-3-2-4-17(21)11-15/h2-4,6-7,11,16H,5,8-10,12-13H2,1H3,(H,22,28)/t16-/m0/s1. The molecule has 3 aromatic rings. The molecule has 8 heteroatoms. The fraction of sp³-hybridized carbons (Fsp3) is 0.400. The molecule has 0 aliphatic carbocycles. The van der Waals surface area contributed by atoms with Crippen molar-refractivity contribution in [1.29, 1.82) is 0 Å². The molecule has 2 aromatic heterocycles. The summed E-state index contributed by atoms with van der Waals surface area (Å²) in [4.78, 5) is 22.6. The fourth-order valence-corrected chi connectivity index (χ4v) is 4.00. The summed E-state index contributed by atoms with van der Waals surface area (Å²) in [6.07, 6.45) is 4.43. The van der Waals surface area contributed by atoms with Crippen molar-refractivity contribution in [2.45, 2.75) is 32.4 Å². The molecule has 1 atom stereocenters. The van der Waals surface area contributed by atoms with Crippen LogP contribution in [0.2, 0.25) is 5.02 Å². The Morgan fingerprint density at radius 3 is 3.00 bits per heavy atom. The van der Waals surface area contributed by atoms with Crippen molar-refractivity contribution < 1.29 is 4.79 Å². The van der Waals surface area contributed by atoms with Gasteiger partial charge in [0.25, 0.3) is 0 Å². The highest BCUT2D eigenvalue weighted by Crippen LogP contribution is 2.31. The molecule has 0 bridgehead atoms. The molecule has 28 heavy (non-hydrogen) atoms. The summed E-state index contributed by atoms with van der Waals surface area (Å²) in [5.74, 6) is 0.274. The van der Waals surface area contributed by atoms with Crippen LogP contribution in [0, 0.1) is 0 Å². The van der Waals surface area contributed by atoms with E-state index in [1.807, 2.05) is 22.9 Å². The van der Waals surface area contributed by atoms with Crippen LogP contribution in [0.3, 0.4) is 0 Å². The van der Waals surface area contributed by atoms with Gasteiger partial charge in [0, 0.05) is 49.9 Å². The van der Waals surface area contributed by atoms with Gasteiger partial charge in [-0.15, -0.1) is 0 Å². The summed E-state index contributed by atoms with van der Waals surface area (Å²) in [5.41, 5.74) is 3.86. The molecule has 1 fully saturated rings. The lowest BCUT2D eigenvalue weighted by Crippen LogP contribution is -2.25. The van der Waals surface area contributed by atoms with E-state index in [0.717, 1.165) is 47.9 Å². The largest absolute Gasteiger partial charge is 0.354 e. The Bertz CT molecular complexity index is 988. The molecule has 1 aliphatic heterocycles. The quantitative estimate of drug-likeness (QED) is 0.690. The van der Waals surface area contributed by atoms with E-state index in [-0.39, 0.29) is 5.91 Å². The number of aromatic nitrogens is 4. The Balaban J connectivity index is 1.50. The Hall–Kier alpha value is -2.51. The van der Waals surface area contributed by atoms with Crippen molar-refractivity contribution in [1.82, 2.24) is 30.0 Å². The van der Waals surface area contributed by atoms with E-state index >= 15 is 0 Å². The molecule has 0 saturated carbocycles. The van der Waals surface area contributed by atoms with Gasteiger partial charge in [-0.2, -0.15) is 5.10 Å². The first-order chi connectivity index (χ1) is 13.6. The molecule has 1 saturated heterocycles. The van der Waals surface area contributed by atoms with Gasteiger partial charge >= 0.3 is 0 Å². The molecule has 1 N–H and O–H groups in total. The van der Waals surface area contributed by atoms with E-state index in [0.29, 0.717) is 19.0 Å². The number of hydrogen-bond donors (Lipinski definition) is 1. The summed E-state index contributed by atoms with van der Waals surface area (Å²) in [5, 5.41) is 8.40. The van der Waals surface area contributed by atoms with Crippen LogP contribution in [-0.4, -0.2) is 50.2 Å². The lowest BCUT2D eigenvalue weighted by molar-refractivity contribution is -0.118. The van der Waals surface area contributed by atoms with Gasteiger partial charge in [-0.25, -0.2) is 14.6 Å². The van der Waals surface area contributed by atoms with E-state index in [1.54, 1.807) is 12.4 Å². The fourth-order valence-electron chi connectivity index (χ4n) is 3.79. The van der Waals surface area contributed by atoms with Gasteiger partial charge in [0.1, 0.15) is 5.52 Å². The van der Waals surface area contributed by atoms with Crippen LogP contribution >= 0.6 is 11.6 Å². The molecule has 7 nitrogen and oxygen atoms in total. The lowest BCUT2D eigenvalue weighted by atomic mass is 10.0. The molecule has 0 spiro atoms. The number of nitrogens with one attached hydrogen (secondary N) is 1. The Morgan fingerprint density at radius 2 is 2.18 bits per heavy atom. The van der Waals surface area contributed by atoms with Crippen molar-refractivity contribution in [3.8, 4) is 0 Å². The number of amides is 1. The zero-order valence-corrected chi connectivity index (χ0v) is 16.6. The van der Waals surface area contributed by atoms with Gasteiger partial charge in [-0.1, -0.05) is 23.7 Å². The zero-order valence-electron chi connectivity index (χ0n) is 15.8. The molecule has 0 unspecified atom stereocenters. The predicted octanol–water partition coefficient (Wildman–Crippen LogP) is 2.61. The summed E-state index contributed by atoms with van der Waals surface area (Å²) >= 11 is 6.11. The van der Waals surface area contributed by atoms with Gasteiger partial charge in [0.05, 0.1) is 12.2 Å². The van der Waals surface area contributed by atoms with E-state index in [9.17, 15) is 4.79 Å². The molecule has 1 aliphatic rings. The smallest absolute Gasteiger partial charge is 0.216 e. The summed E-state index contributed by atoms with van der Waals surface area (Å²) in [6.45, 7) is 5.43. The van der Waals surface area contributed by atoms with Crippen LogP contribution < -0.4 is 5.32 Å². The molecule has 3 heterocycles. The minimum Gasteiger partial charge on any atom is -0.354 e. The van der Waals surface area contributed by atoms with E-state index in [1.165, 1.54) is 12.5 Å². The maximum Gasteiger partial charge on any atom is 0.216 e. The normalized spacial score (nSPS) is 17.3. The van der Waals surface area contributed by atoms with Crippen LogP contribution in [0.15, 0.2) is 36.7 Å². The lowest BCUT2D eigenvalue weighted by Gasteiger charge is -2.15. The Kier molecular flexibility index (Phi) is 5.54. The second-order valence-electron chi connectivity index (χ2n) is 7.17.